The molecule has 0 bridgehead atoms. The topological polar surface area (TPSA) is 52.6 Å². The van der Waals surface area contributed by atoms with Crippen molar-refractivity contribution in [1.29, 1.82) is 0 Å². The normalized spacial score (nSPS) is 10.4. The average molecular weight is 294 g/mol. The highest BCUT2D eigenvalue weighted by Crippen LogP contribution is 2.42. The number of rotatable bonds is 6. The minimum atomic E-state index is 0.687. The van der Waals surface area contributed by atoms with E-state index in [-0.39, 0.29) is 0 Å². The first-order chi connectivity index (χ1) is 9.73. The molecule has 0 spiro atoms. The molecule has 1 N–H and O–H groups in total. The second kappa shape index (κ2) is 6.58. The van der Waals surface area contributed by atoms with Crippen LogP contribution in [0.1, 0.15) is 5.69 Å². The Balaban J connectivity index is 2.52. The van der Waals surface area contributed by atoms with Gasteiger partial charge in [0.15, 0.2) is 0 Å². The monoisotopic (exact) mass is 294 g/mol. The van der Waals surface area contributed by atoms with Crippen molar-refractivity contribution >= 4 is 11.3 Å². The fraction of sp³-hybridized carbons (Fsp3) is 0.357. The van der Waals surface area contributed by atoms with E-state index in [0.717, 1.165) is 22.8 Å². The zero-order chi connectivity index (χ0) is 14.5. The number of benzene rings is 1. The van der Waals surface area contributed by atoms with E-state index in [0.29, 0.717) is 17.2 Å². The van der Waals surface area contributed by atoms with Gasteiger partial charge in [0, 0.05) is 24.1 Å². The van der Waals surface area contributed by atoms with Crippen molar-refractivity contribution in [3.8, 4) is 27.8 Å². The van der Waals surface area contributed by atoms with Crippen molar-refractivity contribution in [3.63, 3.8) is 0 Å². The summed E-state index contributed by atoms with van der Waals surface area (Å²) in [6.07, 6.45) is 0. The van der Waals surface area contributed by atoms with E-state index in [1.165, 1.54) is 0 Å². The summed E-state index contributed by atoms with van der Waals surface area (Å²) in [4.78, 5) is 4.60. The third kappa shape index (κ3) is 2.86. The van der Waals surface area contributed by atoms with Crippen LogP contribution in [-0.4, -0.2) is 33.4 Å². The number of nitrogens with zero attached hydrogens (tertiary/aromatic N) is 1. The molecule has 0 unspecified atom stereocenters. The second-order valence-electron chi connectivity index (χ2n) is 4.08. The van der Waals surface area contributed by atoms with Gasteiger partial charge in [-0.1, -0.05) is 0 Å². The molecule has 0 aliphatic heterocycles. The Labute approximate surface area is 122 Å². The molecule has 5 nitrogen and oxygen atoms in total. The van der Waals surface area contributed by atoms with Gasteiger partial charge in [-0.15, -0.1) is 11.3 Å². The minimum Gasteiger partial charge on any atom is -0.496 e. The van der Waals surface area contributed by atoms with Gasteiger partial charge >= 0.3 is 0 Å². The smallest absolute Gasteiger partial charge is 0.136 e. The quantitative estimate of drug-likeness (QED) is 0.887. The van der Waals surface area contributed by atoms with E-state index >= 15 is 0 Å². The van der Waals surface area contributed by atoms with Crippen molar-refractivity contribution in [2.75, 3.05) is 28.4 Å². The molecule has 1 aromatic heterocycles. The van der Waals surface area contributed by atoms with Gasteiger partial charge in [-0.05, 0) is 7.05 Å². The molecule has 0 aliphatic carbocycles. The van der Waals surface area contributed by atoms with Crippen molar-refractivity contribution in [1.82, 2.24) is 10.3 Å². The Morgan fingerprint density at radius 1 is 1.10 bits per heavy atom. The van der Waals surface area contributed by atoms with Crippen LogP contribution >= 0.6 is 11.3 Å². The molecule has 0 fully saturated rings. The van der Waals surface area contributed by atoms with Crippen molar-refractivity contribution < 1.29 is 14.2 Å². The SMILES string of the molecule is CNCc1csc(-c2c(OC)cc(OC)cc2OC)n1. The lowest BCUT2D eigenvalue weighted by molar-refractivity contribution is 0.377. The molecular weight excluding hydrogens is 276 g/mol. The van der Waals surface area contributed by atoms with E-state index in [1.807, 2.05) is 24.6 Å². The number of nitrogens with one attached hydrogen (secondary N) is 1. The van der Waals surface area contributed by atoms with E-state index < -0.39 is 0 Å². The summed E-state index contributed by atoms with van der Waals surface area (Å²) in [6.45, 7) is 0.733. The molecule has 0 aliphatic rings. The fourth-order valence-electron chi connectivity index (χ4n) is 1.90. The van der Waals surface area contributed by atoms with Crippen LogP contribution in [0, 0.1) is 0 Å². The molecule has 0 radical (unpaired) electrons. The molecule has 108 valence electrons. The summed E-state index contributed by atoms with van der Waals surface area (Å²) in [5.74, 6) is 2.06. The van der Waals surface area contributed by atoms with Gasteiger partial charge in [0.1, 0.15) is 22.3 Å². The Morgan fingerprint density at radius 3 is 2.25 bits per heavy atom. The summed E-state index contributed by atoms with van der Waals surface area (Å²) >= 11 is 1.56. The Morgan fingerprint density at radius 2 is 1.75 bits per heavy atom. The lowest BCUT2D eigenvalue weighted by Gasteiger charge is -2.13. The van der Waals surface area contributed by atoms with Crippen LogP contribution in [-0.2, 0) is 6.54 Å². The molecular formula is C14H18N2O3S. The van der Waals surface area contributed by atoms with Crippen LogP contribution in [0.2, 0.25) is 0 Å². The maximum absolute atomic E-state index is 5.45. The molecule has 2 aromatic rings. The van der Waals surface area contributed by atoms with E-state index in [4.69, 9.17) is 14.2 Å². The molecule has 0 saturated heterocycles. The van der Waals surface area contributed by atoms with E-state index in [1.54, 1.807) is 32.7 Å². The summed E-state index contributed by atoms with van der Waals surface area (Å²) < 4.78 is 16.1. The maximum Gasteiger partial charge on any atom is 0.136 e. The lowest BCUT2D eigenvalue weighted by Crippen LogP contribution is -2.05. The van der Waals surface area contributed by atoms with Gasteiger partial charge in [-0.25, -0.2) is 4.98 Å². The highest BCUT2D eigenvalue weighted by atomic mass is 32.1. The van der Waals surface area contributed by atoms with Crippen molar-refractivity contribution in [2.45, 2.75) is 6.54 Å². The zero-order valence-corrected chi connectivity index (χ0v) is 12.8. The van der Waals surface area contributed by atoms with E-state index in [9.17, 15) is 0 Å². The molecule has 20 heavy (non-hydrogen) atoms. The first kappa shape index (κ1) is 14.6. The molecule has 0 saturated carbocycles. The highest BCUT2D eigenvalue weighted by molar-refractivity contribution is 7.13. The number of hydrogen-bond acceptors (Lipinski definition) is 6. The van der Waals surface area contributed by atoms with E-state index in [2.05, 4.69) is 10.3 Å². The Bertz CT molecular complexity index is 559. The summed E-state index contributed by atoms with van der Waals surface area (Å²) in [7, 11) is 6.76. The molecule has 0 atom stereocenters. The largest absolute Gasteiger partial charge is 0.496 e. The van der Waals surface area contributed by atoms with Crippen LogP contribution in [0.5, 0.6) is 17.2 Å². The van der Waals surface area contributed by atoms with Gasteiger partial charge in [0.25, 0.3) is 0 Å². The first-order valence-electron chi connectivity index (χ1n) is 6.12. The number of ether oxygens (including phenoxy) is 3. The zero-order valence-electron chi connectivity index (χ0n) is 12.0. The molecule has 6 heteroatoms. The fourth-order valence-corrected chi connectivity index (χ4v) is 2.77. The summed E-state index contributed by atoms with van der Waals surface area (Å²) in [5.41, 5.74) is 1.84. The Hall–Kier alpha value is -1.79. The first-order valence-corrected chi connectivity index (χ1v) is 7.00. The van der Waals surface area contributed by atoms with Crippen LogP contribution in [0.3, 0.4) is 0 Å². The maximum atomic E-state index is 5.45. The average Bonchev–Trinajstić information content (AvgIpc) is 2.94. The minimum absolute atomic E-state index is 0.687. The third-order valence-corrected chi connectivity index (χ3v) is 3.75. The molecule has 1 aromatic carbocycles. The predicted molar refractivity (Wildman–Crippen MR) is 80.0 cm³/mol. The van der Waals surface area contributed by atoms with Crippen LogP contribution < -0.4 is 19.5 Å². The van der Waals surface area contributed by atoms with Gasteiger partial charge in [-0.2, -0.15) is 0 Å². The lowest BCUT2D eigenvalue weighted by atomic mass is 10.1. The summed E-state index contributed by atoms with van der Waals surface area (Å²) in [5, 5.41) is 5.98. The summed E-state index contributed by atoms with van der Waals surface area (Å²) in [6, 6.07) is 3.66. The van der Waals surface area contributed by atoms with Gasteiger partial charge in [0.2, 0.25) is 0 Å². The number of methoxy groups -OCH3 is 3. The van der Waals surface area contributed by atoms with Gasteiger partial charge < -0.3 is 19.5 Å². The second-order valence-corrected chi connectivity index (χ2v) is 4.94. The van der Waals surface area contributed by atoms with Crippen molar-refractivity contribution in [2.24, 2.45) is 0 Å². The third-order valence-electron chi connectivity index (χ3n) is 2.84. The molecule has 2 rings (SSSR count). The number of aromatic nitrogens is 1. The van der Waals surface area contributed by atoms with Crippen molar-refractivity contribution in [3.05, 3.63) is 23.2 Å². The molecule has 1 heterocycles. The highest BCUT2D eigenvalue weighted by Gasteiger charge is 2.18. The predicted octanol–water partition coefficient (Wildman–Crippen LogP) is 2.56. The van der Waals surface area contributed by atoms with Crippen LogP contribution in [0.4, 0.5) is 0 Å². The standard InChI is InChI=1S/C14H18N2O3S/c1-15-7-9-8-20-14(16-9)13-11(18-3)5-10(17-2)6-12(13)19-4/h5-6,8,15H,7H2,1-4H3. The van der Waals surface area contributed by atoms with Gasteiger partial charge in [-0.3, -0.25) is 0 Å². The number of hydrogen-bond donors (Lipinski definition) is 1. The van der Waals surface area contributed by atoms with Crippen LogP contribution in [0.25, 0.3) is 10.6 Å². The van der Waals surface area contributed by atoms with Crippen LogP contribution in [0.15, 0.2) is 17.5 Å². The molecule has 0 amide bonds. The Kier molecular flexibility index (Phi) is 4.81. The van der Waals surface area contributed by atoms with Gasteiger partial charge in [0.05, 0.1) is 32.6 Å². The number of thiazole rings is 1.